The van der Waals surface area contributed by atoms with E-state index in [0.29, 0.717) is 5.56 Å². The molecule has 1 aromatic rings. The van der Waals surface area contributed by atoms with Crippen molar-refractivity contribution in [3.8, 4) is 0 Å². The van der Waals surface area contributed by atoms with Gasteiger partial charge in [-0.2, -0.15) is 0 Å². The quantitative estimate of drug-likeness (QED) is 0.595. The van der Waals surface area contributed by atoms with Gasteiger partial charge >= 0.3 is 5.97 Å². The van der Waals surface area contributed by atoms with Gasteiger partial charge in [-0.1, -0.05) is 36.4 Å². The van der Waals surface area contributed by atoms with E-state index in [0.717, 1.165) is 24.8 Å². The number of rotatable bonds is 3. The fourth-order valence-electron chi connectivity index (χ4n) is 2.32. The predicted molar refractivity (Wildman–Crippen MR) is 77.0 cm³/mol. The Bertz CT molecular complexity index is 513. The van der Waals surface area contributed by atoms with Crippen LogP contribution in [-0.4, -0.2) is 11.6 Å². The molecule has 0 bridgehead atoms. The molecule has 0 fully saturated rings. The molecule has 1 aromatic carbocycles. The highest BCUT2D eigenvalue weighted by Gasteiger charge is 2.36. The van der Waals surface area contributed by atoms with Crippen molar-refractivity contribution in [3.05, 3.63) is 59.7 Å². The van der Waals surface area contributed by atoms with Gasteiger partial charge in [0.25, 0.3) is 0 Å². The highest BCUT2D eigenvalue weighted by Crippen LogP contribution is 2.36. The van der Waals surface area contributed by atoms with Crippen molar-refractivity contribution in [3.63, 3.8) is 0 Å². The van der Waals surface area contributed by atoms with Gasteiger partial charge < -0.3 is 4.74 Å². The summed E-state index contributed by atoms with van der Waals surface area (Å²) in [5, 5.41) is 0. The van der Waals surface area contributed by atoms with Crippen molar-refractivity contribution in [1.29, 1.82) is 0 Å². The summed E-state index contributed by atoms with van der Waals surface area (Å²) < 4.78 is 5.79. The molecule has 0 aromatic heterocycles. The smallest absolute Gasteiger partial charge is 0.339 e. The van der Waals surface area contributed by atoms with E-state index in [2.05, 4.69) is 19.6 Å². The predicted octanol–water partition coefficient (Wildman–Crippen LogP) is 4.29. The third-order valence-corrected chi connectivity index (χ3v) is 3.78. The molecule has 100 valence electrons. The van der Waals surface area contributed by atoms with Crippen LogP contribution in [0.15, 0.2) is 54.1 Å². The van der Waals surface area contributed by atoms with Crippen LogP contribution in [0.4, 0.5) is 0 Å². The van der Waals surface area contributed by atoms with Gasteiger partial charge in [0.2, 0.25) is 0 Å². The van der Waals surface area contributed by atoms with Crippen LogP contribution in [0, 0.1) is 0 Å². The SMILES string of the molecule is C=C(C)[C@]1(OC(=O)c2ccccc2)CC=C(C)CC1. The minimum atomic E-state index is -0.535. The van der Waals surface area contributed by atoms with Crippen LogP contribution in [0.3, 0.4) is 0 Å². The lowest BCUT2D eigenvalue weighted by molar-refractivity contribution is -0.00523. The van der Waals surface area contributed by atoms with Crippen molar-refractivity contribution in [2.45, 2.75) is 38.7 Å². The molecular weight excluding hydrogens is 236 g/mol. The zero-order valence-electron chi connectivity index (χ0n) is 11.6. The minimum Gasteiger partial charge on any atom is -0.451 e. The summed E-state index contributed by atoms with van der Waals surface area (Å²) in [7, 11) is 0. The molecule has 1 aliphatic carbocycles. The van der Waals surface area contributed by atoms with E-state index in [1.807, 2.05) is 25.1 Å². The molecular formula is C17H20O2. The first-order chi connectivity index (χ1) is 9.03. The topological polar surface area (TPSA) is 26.3 Å². The van der Waals surface area contributed by atoms with Crippen LogP contribution in [-0.2, 0) is 4.74 Å². The molecule has 0 unspecified atom stereocenters. The largest absolute Gasteiger partial charge is 0.451 e. The zero-order valence-corrected chi connectivity index (χ0v) is 11.6. The van der Waals surface area contributed by atoms with Gasteiger partial charge in [0, 0.05) is 6.42 Å². The average molecular weight is 256 g/mol. The molecule has 1 atom stereocenters. The molecule has 0 spiro atoms. The van der Waals surface area contributed by atoms with E-state index >= 15 is 0 Å². The molecule has 0 aliphatic heterocycles. The summed E-state index contributed by atoms with van der Waals surface area (Å²) >= 11 is 0. The van der Waals surface area contributed by atoms with Gasteiger partial charge in [-0.15, -0.1) is 0 Å². The van der Waals surface area contributed by atoms with Crippen LogP contribution in [0.2, 0.25) is 0 Å². The van der Waals surface area contributed by atoms with E-state index in [1.165, 1.54) is 5.57 Å². The molecule has 0 saturated heterocycles. The lowest BCUT2D eigenvalue weighted by Crippen LogP contribution is -2.37. The van der Waals surface area contributed by atoms with Gasteiger partial charge in [0.1, 0.15) is 5.60 Å². The monoisotopic (exact) mass is 256 g/mol. The summed E-state index contributed by atoms with van der Waals surface area (Å²) in [6.07, 6.45) is 4.65. The van der Waals surface area contributed by atoms with E-state index in [4.69, 9.17) is 4.74 Å². The van der Waals surface area contributed by atoms with Crippen LogP contribution >= 0.6 is 0 Å². The maximum atomic E-state index is 12.2. The highest BCUT2D eigenvalue weighted by molar-refractivity contribution is 5.89. The number of allylic oxidation sites excluding steroid dienone is 1. The number of carbonyl (C=O) groups excluding carboxylic acids is 1. The summed E-state index contributed by atoms with van der Waals surface area (Å²) in [6, 6.07) is 9.12. The molecule has 2 nitrogen and oxygen atoms in total. The summed E-state index contributed by atoms with van der Waals surface area (Å²) in [6.45, 7) is 8.07. The van der Waals surface area contributed by atoms with E-state index in [1.54, 1.807) is 12.1 Å². The third kappa shape index (κ3) is 2.95. The average Bonchev–Trinajstić information content (AvgIpc) is 2.42. The number of esters is 1. The van der Waals surface area contributed by atoms with Gasteiger partial charge in [-0.25, -0.2) is 4.79 Å². The van der Waals surface area contributed by atoms with E-state index in [9.17, 15) is 4.79 Å². The normalized spacial score (nSPS) is 22.5. The Morgan fingerprint density at radius 1 is 1.32 bits per heavy atom. The summed E-state index contributed by atoms with van der Waals surface area (Å²) in [5.74, 6) is -0.267. The number of benzene rings is 1. The van der Waals surface area contributed by atoms with Crippen LogP contribution in [0.25, 0.3) is 0 Å². The van der Waals surface area contributed by atoms with Gasteiger partial charge in [-0.3, -0.25) is 0 Å². The minimum absolute atomic E-state index is 0.267. The van der Waals surface area contributed by atoms with E-state index in [-0.39, 0.29) is 5.97 Å². The molecule has 0 radical (unpaired) electrons. The molecule has 0 heterocycles. The summed E-state index contributed by atoms with van der Waals surface area (Å²) in [4.78, 5) is 12.2. The Labute approximate surface area is 114 Å². The Morgan fingerprint density at radius 3 is 2.53 bits per heavy atom. The number of hydrogen-bond donors (Lipinski definition) is 0. The van der Waals surface area contributed by atoms with Crippen molar-refractivity contribution >= 4 is 5.97 Å². The molecule has 0 saturated carbocycles. The van der Waals surface area contributed by atoms with Gasteiger partial charge in [0.15, 0.2) is 0 Å². The van der Waals surface area contributed by atoms with Crippen molar-refractivity contribution < 1.29 is 9.53 Å². The van der Waals surface area contributed by atoms with E-state index < -0.39 is 5.60 Å². The molecule has 1 aliphatic rings. The first-order valence-electron chi connectivity index (χ1n) is 6.63. The fourth-order valence-corrected chi connectivity index (χ4v) is 2.32. The Morgan fingerprint density at radius 2 is 2.00 bits per heavy atom. The second kappa shape index (κ2) is 5.43. The number of ether oxygens (including phenoxy) is 1. The Kier molecular flexibility index (Phi) is 3.89. The second-order valence-electron chi connectivity index (χ2n) is 5.28. The van der Waals surface area contributed by atoms with Gasteiger partial charge in [-0.05, 0) is 44.4 Å². The van der Waals surface area contributed by atoms with Crippen LogP contribution < -0.4 is 0 Å². The molecule has 2 rings (SSSR count). The lowest BCUT2D eigenvalue weighted by atomic mass is 9.81. The molecule has 19 heavy (non-hydrogen) atoms. The first-order valence-corrected chi connectivity index (χ1v) is 6.63. The molecule has 0 amide bonds. The van der Waals surface area contributed by atoms with Crippen molar-refractivity contribution in [1.82, 2.24) is 0 Å². The molecule has 2 heteroatoms. The van der Waals surface area contributed by atoms with Crippen molar-refractivity contribution in [2.24, 2.45) is 0 Å². The van der Waals surface area contributed by atoms with Crippen LogP contribution in [0.1, 0.15) is 43.5 Å². The van der Waals surface area contributed by atoms with Crippen LogP contribution in [0.5, 0.6) is 0 Å². The second-order valence-corrected chi connectivity index (χ2v) is 5.28. The third-order valence-electron chi connectivity index (χ3n) is 3.78. The maximum Gasteiger partial charge on any atom is 0.339 e. The zero-order chi connectivity index (χ0) is 13.9. The molecule has 0 N–H and O–H groups in total. The highest BCUT2D eigenvalue weighted by atomic mass is 16.6. The summed E-state index contributed by atoms with van der Waals surface area (Å²) in [5.41, 5.74) is 2.33. The Balaban J connectivity index is 2.19. The maximum absolute atomic E-state index is 12.2. The number of hydrogen-bond acceptors (Lipinski definition) is 2. The lowest BCUT2D eigenvalue weighted by Gasteiger charge is -2.36. The number of carbonyl (C=O) groups is 1. The standard InChI is InChI=1S/C17H20O2/c1-13(2)17(11-9-14(3)10-12-17)19-16(18)15-7-5-4-6-8-15/h4-9H,1,10-12H2,2-3H3/t17-/m0/s1. The Hall–Kier alpha value is -1.83. The van der Waals surface area contributed by atoms with Gasteiger partial charge in [0.05, 0.1) is 5.56 Å². The van der Waals surface area contributed by atoms with Crippen molar-refractivity contribution in [2.75, 3.05) is 0 Å². The fraction of sp³-hybridized carbons (Fsp3) is 0.353. The first kappa shape index (κ1) is 13.6.